The first-order valence-corrected chi connectivity index (χ1v) is 7.55. The standard InChI is InChI=1S/C18H15N5O/c1-22-17(13-7-3-2-4-8-13)14(11-20-22)18(24)21-16-12-19-15-9-5-6-10-23(15)16/h2-12H,1H3,(H,21,24). The maximum Gasteiger partial charge on any atom is 0.260 e. The lowest BCUT2D eigenvalue weighted by molar-refractivity contribution is 0.102. The van der Waals surface area contributed by atoms with Gasteiger partial charge < -0.3 is 5.32 Å². The van der Waals surface area contributed by atoms with Crippen LogP contribution >= 0.6 is 0 Å². The molecule has 1 amide bonds. The smallest absolute Gasteiger partial charge is 0.260 e. The second kappa shape index (κ2) is 5.66. The zero-order chi connectivity index (χ0) is 16.5. The van der Waals surface area contributed by atoms with Gasteiger partial charge in [0.25, 0.3) is 5.91 Å². The Balaban J connectivity index is 1.71. The van der Waals surface area contributed by atoms with Gasteiger partial charge in [0, 0.05) is 18.8 Å². The predicted molar refractivity (Wildman–Crippen MR) is 91.8 cm³/mol. The minimum Gasteiger partial charge on any atom is -0.306 e. The van der Waals surface area contributed by atoms with E-state index in [-0.39, 0.29) is 5.91 Å². The number of amides is 1. The second-order valence-corrected chi connectivity index (χ2v) is 5.42. The number of aryl methyl sites for hydroxylation is 1. The van der Waals surface area contributed by atoms with Crippen LogP contribution in [0.15, 0.2) is 67.1 Å². The van der Waals surface area contributed by atoms with Crippen LogP contribution in [0.5, 0.6) is 0 Å². The fraction of sp³-hybridized carbons (Fsp3) is 0.0556. The summed E-state index contributed by atoms with van der Waals surface area (Å²) in [5.41, 5.74) is 3.03. The number of rotatable bonds is 3. The largest absolute Gasteiger partial charge is 0.306 e. The van der Waals surface area contributed by atoms with E-state index in [9.17, 15) is 4.79 Å². The molecular weight excluding hydrogens is 302 g/mol. The summed E-state index contributed by atoms with van der Waals surface area (Å²) in [6, 6.07) is 15.4. The molecule has 3 heterocycles. The number of hydrogen-bond acceptors (Lipinski definition) is 3. The fourth-order valence-corrected chi connectivity index (χ4v) is 2.75. The fourth-order valence-electron chi connectivity index (χ4n) is 2.75. The summed E-state index contributed by atoms with van der Waals surface area (Å²) in [6.45, 7) is 0. The summed E-state index contributed by atoms with van der Waals surface area (Å²) >= 11 is 0. The van der Waals surface area contributed by atoms with Gasteiger partial charge in [0.2, 0.25) is 0 Å². The van der Waals surface area contributed by atoms with Crippen molar-refractivity contribution in [2.75, 3.05) is 5.32 Å². The first kappa shape index (κ1) is 14.2. The molecule has 0 bridgehead atoms. The zero-order valence-corrected chi connectivity index (χ0v) is 13.0. The number of pyridine rings is 1. The molecule has 0 atom stereocenters. The van der Waals surface area contributed by atoms with Crippen LogP contribution in [0.1, 0.15) is 10.4 Å². The molecule has 0 saturated heterocycles. The minimum absolute atomic E-state index is 0.215. The van der Waals surface area contributed by atoms with E-state index in [1.165, 1.54) is 0 Å². The number of nitrogens with zero attached hydrogens (tertiary/aromatic N) is 4. The molecule has 0 unspecified atom stereocenters. The second-order valence-electron chi connectivity index (χ2n) is 5.42. The van der Waals surface area contributed by atoms with Crippen molar-refractivity contribution < 1.29 is 4.79 Å². The van der Waals surface area contributed by atoms with E-state index in [0.29, 0.717) is 11.4 Å². The number of anilines is 1. The van der Waals surface area contributed by atoms with E-state index in [0.717, 1.165) is 16.9 Å². The third-order valence-corrected chi connectivity index (χ3v) is 3.89. The molecular formula is C18H15N5O. The number of imidazole rings is 1. The van der Waals surface area contributed by atoms with Crippen LogP contribution in [0, 0.1) is 0 Å². The molecule has 1 aromatic carbocycles. The Labute approximate surface area is 138 Å². The monoisotopic (exact) mass is 317 g/mol. The Kier molecular flexibility index (Phi) is 3.35. The third kappa shape index (κ3) is 2.34. The Bertz CT molecular complexity index is 1020. The van der Waals surface area contributed by atoms with Crippen LogP contribution in [-0.2, 0) is 7.05 Å². The van der Waals surface area contributed by atoms with Crippen molar-refractivity contribution >= 4 is 17.4 Å². The average Bonchev–Trinajstić information content (AvgIpc) is 3.20. The van der Waals surface area contributed by atoms with Gasteiger partial charge in [-0.3, -0.25) is 13.9 Å². The third-order valence-electron chi connectivity index (χ3n) is 3.89. The van der Waals surface area contributed by atoms with Crippen molar-refractivity contribution in [3.05, 3.63) is 72.7 Å². The number of benzene rings is 1. The van der Waals surface area contributed by atoms with Crippen molar-refractivity contribution in [1.29, 1.82) is 0 Å². The molecule has 1 N–H and O–H groups in total. The summed E-state index contributed by atoms with van der Waals surface area (Å²) in [5.74, 6) is 0.408. The summed E-state index contributed by atoms with van der Waals surface area (Å²) in [4.78, 5) is 17.0. The maximum absolute atomic E-state index is 12.8. The molecule has 0 aliphatic rings. The number of aromatic nitrogens is 4. The lowest BCUT2D eigenvalue weighted by atomic mass is 10.1. The Morgan fingerprint density at radius 3 is 2.67 bits per heavy atom. The van der Waals surface area contributed by atoms with Crippen LogP contribution in [-0.4, -0.2) is 25.1 Å². The van der Waals surface area contributed by atoms with E-state index in [1.54, 1.807) is 17.1 Å². The molecule has 24 heavy (non-hydrogen) atoms. The zero-order valence-electron chi connectivity index (χ0n) is 13.0. The van der Waals surface area contributed by atoms with Crippen molar-refractivity contribution in [2.45, 2.75) is 0 Å². The van der Waals surface area contributed by atoms with E-state index in [2.05, 4.69) is 15.4 Å². The highest BCUT2D eigenvalue weighted by atomic mass is 16.1. The van der Waals surface area contributed by atoms with Crippen molar-refractivity contribution in [2.24, 2.45) is 7.05 Å². The summed E-state index contributed by atoms with van der Waals surface area (Å²) < 4.78 is 3.54. The van der Waals surface area contributed by atoms with Gasteiger partial charge in [-0.05, 0) is 12.1 Å². The highest BCUT2D eigenvalue weighted by Crippen LogP contribution is 2.24. The lowest BCUT2D eigenvalue weighted by Gasteiger charge is -2.07. The molecule has 0 radical (unpaired) electrons. The average molecular weight is 317 g/mol. The molecule has 0 spiro atoms. The normalized spacial score (nSPS) is 10.9. The number of hydrogen-bond donors (Lipinski definition) is 1. The topological polar surface area (TPSA) is 64.2 Å². The van der Waals surface area contributed by atoms with Gasteiger partial charge in [-0.1, -0.05) is 36.4 Å². The summed E-state index contributed by atoms with van der Waals surface area (Å²) in [5, 5.41) is 7.15. The van der Waals surface area contributed by atoms with Gasteiger partial charge in [-0.15, -0.1) is 0 Å². The summed E-state index contributed by atoms with van der Waals surface area (Å²) in [6.07, 6.45) is 5.09. The quantitative estimate of drug-likeness (QED) is 0.632. The Morgan fingerprint density at radius 1 is 1.04 bits per heavy atom. The van der Waals surface area contributed by atoms with E-state index < -0.39 is 0 Å². The highest BCUT2D eigenvalue weighted by Gasteiger charge is 2.18. The minimum atomic E-state index is -0.215. The Morgan fingerprint density at radius 2 is 1.83 bits per heavy atom. The molecule has 6 nitrogen and oxygen atoms in total. The van der Waals surface area contributed by atoms with Crippen molar-refractivity contribution in [3.8, 4) is 11.3 Å². The molecule has 0 fully saturated rings. The molecule has 4 aromatic rings. The predicted octanol–water partition coefficient (Wildman–Crippen LogP) is 2.99. The number of carbonyl (C=O) groups is 1. The van der Waals surface area contributed by atoms with Crippen LogP contribution in [0.3, 0.4) is 0 Å². The first-order valence-electron chi connectivity index (χ1n) is 7.55. The van der Waals surface area contributed by atoms with Crippen molar-refractivity contribution in [1.82, 2.24) is 19.2 Å². The SMILES string of the molecule is Cn1ncc(C(=O)Nc2cnc3ccccn23)c1-c1ccccc1. The van der Waals surface area contributed by atoms with Gasteiger partial charge in [0.05, 0.1) is 23.7 Å². The number of nitrogens with one attached hydrogen (secondary N) is 1. The lowest BCUT2D eigenvalue weighted by Crippen LogP contribution is -2.14. The molecule has 0 aliphatic carbocycles. The highest BCUT2D eigenvalue weighted by molar-refractivity contribution is 6.07. The summed E-state index contributed by atoms with van der Waals surface area (Å²) in [7, 11) is 1.83. The molecule has 118 valence electrons. The molecule has 4 rings (SSSR count). The van der Waals surface area contributed by atoms with Gasteiger partial charge >= 0.3 is 0 Å². The Hall–Kier alpha value is -3.41. The molecule has 3 aromatic heterocycles. The first-order chi connectivity index (χ1) is 11.7. The van der Waals surface area contributed by atoms with Gasteiger partial charge in [-0.25, -0.2) is 4.98 Å². The molecule has 0 aliphatic heterocycles. The van der Waals surface area contributed by atoms with Crippen molar-refractivity contribution in [3.63, 3.8) is 0 Å². The number of fused-ring (bicyclic) bond motifs is 1. The molecule has 0 saturated carbocycles. The van der Waals surface area contributed by atoms with Crippen LogP contribution < -0.4 is 5.32 Å². The van der Waals surface area contributed by atoms with E-state index >= 15 is 0 Å². The van der Waals surface area contributed by atoms with E-state index in [4.69, 9.17) is 0 Å². The van der Waals surface area contributed by atoms with Gasteiger partial charge in [-0.2, -0.15) is 5.10 Å². The molecule has 6 heteroatoms. The van der Waals surface area contributed by atoms with E-state index in [1.807, 2.05) is 66.2 Å². The van der Waals surface area contributed by atoms with Crippen LogP contribution in [0.25, 0.3) is 16.9 Å². The van der Waals surface area contributed by atoms with Gasteiger partial charge in [0.15, 0.2) is 0 Å². The number of carbonyl (C=O) groups excluding carboxylic acids is 1. The van der Waals surface area contributed by atoms with Gasteiger partial charge in [0.1, 0.15) is 11.5 Å². The van der Waals surface area contributed by atoms with Crippen LogP contribution in [0.4, 0.5) is 5.82 Å². The maximum atomic E-state index is 12.8. The van der Waals surface area contributed by atoms with Crippen LogP contribution in [0.2, 0.25) is 0 Å².